The maximum Gasteiger partial charge on any atom is 0.336 e. The average Bonchev–Trinajstić information content (AvgIpc) is 2.66. The van der Waals surface area contributed by atoms with Crippen LogP contribution in [0.25, 0.3) is 11.0 Å². The third-order valence-corrected chi connectivity index (χ3v) is 3.29. The van der Waals surface area contributed by atoms with Gasteiger partial charge in [0, 0.05) is 18.2 Å². The van der Waals surface area contributed by atoms with Crippen LogP contribution in [0.4, 0.5) is 0 Å². The highest BCUT2D eigenvalue weighted by Crippen LogP contribution is 2.31. The topological polar surface area (TPSA) is 68.0 Å². The Hall–Kier alpha value is -1.91. The molecule has 0 atom stereocenters. The average molecular weight is 275 g/mol. The largest absolute Gasteiger partial charge is 0.478 e. The van der Waals surface area contributed by atoms with Crippen molar-refractivity contribution in [2.75, 3.05) is 0 Å². The standard InChI is InChI=1S/C15H21N3O2/c1-6-7-9-8-10(14(19)20)11-12(15(2,3)4)17-18(5)13(11)16-9/h8H,6-7H2,1-5H3,(H,19,20). The van der Waals surface area contributed by atoms with Crippen molar-refractivity contribution in [2.45, 2.75) is 46.0 Å². The van der Waals surface area contributed by atoms with Gasteiger partial charge in [0.15, 0.2) is 5.65 Å². The molecule has 20 heavy (non-hydrogen) atoms. The van der Waals surface area contributed by atoms with E-state index in [1.165, 1.54) is 0 Å². The Morgan fingerprint density at radius 2 is 2.05 bits per heavy atom. The Morgan fingerprint density at radius 1 is 1.40 bits per heavy atom. The summed E-state index contributed by atoms with van der Waals surface area (Å²) >= 11 is 0. The minimum Gasteiger partial charge on any atom is -0.478 e. The molecule has 108 valence electrons. The molecule has 0 bridgehead atoms. The molecule has 0 spiro atoms. The van der Waals surface area contributed by atoms with Gasteiger partial charge in [-0.3, -0.25) is 4.68 Å². The SMILES string of the molecule is CCCc1cc(C(=O)O)c2c(C(C)(C)C)nn(C)c2n1. The van der Waals surface area contributed by atoms with Crippen molar-refractivity contribution in [3.8, 4) is 0 Å². The molecule has 0 aromatic carbocycles. The smallest absolute Gasteiger partial charge is 0.336 e. The van der Waals surface area contributed by atoms with Crippen molar-refractivity contribution < 1.29 is 9.90 Å². The zero-order chi connectivity index (χ0) is 15.1. The van der Waals surface area contributed by atoms with Crippen molar-refractivity contribution in [3.63, 3.8) is 0 Å². The van der Waals surface area contributed by atoms with E-state index in [-0.39, 0.29) is 5.41 Å². The summed E-state index contributed by atoms with van der Waals surface area (Å²) in [4.78, 5) is 16.2. The van der Waals surface area contributed by atoms with Crippen molar-refractivity contribution in [1.82, 2.24) is 14.8 Å². The summed E-state index contributed by atoms with van der Waals surface area (Å²) in [5, 5.41) is 14.7. The van der Waals surface area contributed by atoms with Crippen LogP contribution in [0.5, 0.6) is 0 Å². The summed E-state index contributed by atoms with van der Waals surface area (Å²) in [7, 11) is 1.81. The lowest BCUT2D eigenvalue weighted by Gasteiger charge is -2.16. The molecule has 2 heterocycles. The number of pyridine rings is 1. The van der Waals surface area contributed by atoms with Crippen molar-refractivity contribution in [1.29, 1.82) is 0 Å². The van der Waals surface area contributed by atoms with Crippen LogP contribution in [0, 0.1) is 0 Å². The minimum absolute atomic E-state index is 0.225. The molecule has 0 radical (unpaired) electrons. The minimum atomic E-state index is -0.923. The lowest BCUT2D eigenvalue weighted by molar-refractivity contribution is 0.0698. The third-order valence-electron chi connectivity index (χ3n) is 3.29. The van der Waals surface area contributed by atoms with Gasteiger partial charge in [0.25, 0.3) is 0 Å². The molecule has 0 fully saturated rings. The Balaban J connectivity index is 2.85. The number of aromatic carboxylic acids is 1. The molecule has 0 amide bonds. The van der Waals surface area contributed by atoms with E-state index in [0.29, 0.717) is 16.6 Å². The summed E-state index contributed by atoms with van der Waals surface area (Å²) < 4.78 is 1.68. The number of hydrogen-bond acceptors (Lipinski definition) is 3. The van der Waals surface area contributed by atoms with E-state index in [2.05, 4.69) is 17.0 Å². The first-order valence-corrected chi connectivity index (χ1v) is 6.86. The summed E-state index contributed by atoms with van der Waals surface area (Å²) in [5.41, 5.74) is 2.32. The van der Waals surface area contributed by atoms with E-state index < -0.39 is 5.97 Å². The number of rotatable bonds is 3. The lowest BCUT2D eigenvalue weighted by Crippen LogP contribution is -2.14. The highest BCUT2D eigenvalue weighted by atomic mass is 16.4. The van der Waals surface area contributed by atoms with Crippen LogP contribution >= 0.6 is 0 Å². The van der Waals surface area contributed by atoms with Gasteiger partial charge in [-0.1, -0.05) is 34.1 Å². The van der Waals surface area contributed by atoms with Gasteiger partial charge >= 0.3 is 5.97 Å². The van der Waals surface area contributed by atoms with Crippen LogP contribution in [0.15, 0.2) is 6.07 Å². The van der Waals surface area contributed by atoms with Crippen LogP contribution in [0.1, 0.15) is 55.9 Å². The van der Waals surface area contributed by atoms with Gasteiger partial charge in [0.1, 0.15) is 0 Å². The van der Waals surface area contributed by atoms with Gasteiger partial charge in [-0.15, -0.1) is 0 Å². The summed E-state index contributed by atoms with van der Waals surface area (Å²) in [6.07, 6.45) is 1.70. The maximum absolute atomic E-state index is 11.6. The number of aromatic nitrogens is 3. The van der Waals surface area contributed by atoms with Crippen LogP contribution in [-0.4, -0.2) is 25.8 Å². The van der Waals surface area contributed by atoms with Crippen LogP contribution in [-0.2, 0) is 18.9 Å². The van der Waals surface area contributed by atoms with Crippen molar-refractivity contribution >= 4 is 17.0 Å². The Bertz CT molecular complexity index is 666. The first-order valence-electron chi connectivity index (χ1n) is 6.86. The first-order chi connectivity index (χ1) is 9.25. The van der Waals surface area contributed by atoms with Gasteiger partial charge in [-0.2, -0.15) is 5.10 Å². The van der Waals surface area contributed by atoms with Crippen molar-refractivity contribution in [2.24, 2.45) is 7.05 Å². The van der Waals surface area contributed by atoms with Gasteiger partial charge in [0.05, 0.1) is 16.6 Å². The first kappa shape index (κ1) is 14.5. The van der Waals surface area contributed by atoms with Crippen LogP contribution in [0.3, 0.4) is 0 Å². The molecule has 0 saturated heterocycles. The molecule has 0 unspecified atom stereocenters. The van der Waals surface area contributed by atoms with E-state index in [1.807, 2.05) is 27.8 Å². The number of carbonyl (C=O) groups is 1. The second-order valence-corrected chi connectivity index (χ2v) is 6.14. The van der Waals surface area contributed by atoms with E-state index in [9.17, 15) is 9.90 Å². The molecule has 2 aromatic rings. The quantitative estimate of drug-likeness (QED) is 0.935. The predicted molar refractivity (Wildman–Crippen MR) is 78.2 cm³/mol. The summed E-state index contributed by atoms with van der Waals surface area (Å²) in [6.45, 7) is 8.14. The van der Waals surface area contributed by atoms with E-state index >= 15 is 0 Å². The molecule has 5 heteroatoms. The Labute approximate surface area is 118 Å². The fourth-order valence-electron chi connectivity index (χ4n) is 2.38. The molecule has 0 saturated carbocycles. The second-order valence-electron chi connectivity index (χ2n) is 6.14. The van der Waals surface area contributed by atoms with Crippen molar-refractivity contribution in [3.05, 3.63) is 23.0 Å². The van der Waals surface area contributed by atoms with Crippen LogP contribution < -0.4 is 0 Å². The number of carboxylic acids is 1. The number of aryl methyl sites for hydroxylation is 2. The number of nitrogens with zero attached hydrogens (tertiary/aromatic N) is 3. The Morgan fingerprint density at radius 3 is 2.55 bits per heavy atom. The van der Waals surface area contributed by atoms with E-state index in [0.717, 1.165) is 24.2 Å². The Kier molecular flexibility index (Phi) is 3.54. The second kappa shape index (κ2) is 4.89. The zero-order valence-corrected chi connectivity index (χ0v) is 12.7. The summed E-state index contributed by atoms with van der Waals surface area (Å²) in [6, 6.07) is 1.69. The van der Waals surface area contributed by atoms with Gasteiger partial charge < -0.3 is 5.11 Å². The van der Waals surface area contributed by atoms with Crippen LogP contribution in [0.2, 0.25) is 0 Å². The molecule has 2 rings (SSSR count). The molecule has 5 nitrogen and oxygen atoms in total. The van der Waals surface area contributed by atoms with Gasteiger partial charge in [-0.25, -0.2) is 9.78 Å². The fraction of sp³-hybridized carbons (Fsp3) is 0.533. The highest BCUT2D eigenvalue weighted by Gasteiger charge is 2.26. The fourth-order valence-corrected chi connectivity index (χ4v) is 2.38. The molecular weight excluding hydrogens is 254 g/mol. The number of fused-ring (bicyclic) bond motifs is 1. The van der Waals surface area contributed by atoms with E-state index in [1.54, 1.807) is 10.7 Å². The van der Waals surface area contributed by atoms with E-state index in [4.69, 9.17) is 0 Å². The molecule has 1 N–H and O–H groups in total. The normalized spacial score (nSPS) is 12.1. The molecule has 2 aromatic heterocycles. The monoisotopic (exact) mass is 275 g/mol. The molecule has 0 aliphatic carbocycles. The maximum atomic E-state index is 11.6. The molecular formula is C15H21N3O2. The molecule has 0 aliphatic rings. The third kappa shape index (κ3) is 2.40. The number of hydrogen-bond donors (Lipinski definition) is 1. The van der Waals surface area contributed by atoms with Gasteiger partial charge in [0.2, 0.25) is 0 Å². The highest BCUT2D eigenvalue weighted by molar-refractivity contribution is 6.03. The number of carboxylic acid groups (broad SMARTS) is 1. The lowest BCUT2D eigenvalue weighted by atomic mass is 9.89. The predicted octanol–water partition coefficient (Wildman–Crippen LogP) is 2.92. The molecule has 0 aliphatic heterocycles. The zero-order valence-electron chi connectivity index (χ0n) is 12.7. The summed E-state index contributed by atoms with van der Waals surface area (Å²) in [5.74, 6) is -0.923. The van der Waals surface area contributed by atoms with Gasteiger partial charge in [-0.05, 0) is 12.5 Å².